The van der Waals surface area contributed by atoms with Gasteiger partial charge in [-0.15, -0.1) is 0 Å². The van der Waals surface area contributed by atoms with Gasteiger partial charge in [-0.3, -0.25) is 14.4 Å². The lowest BCUT2D eigenvalue weighted by atomic mass is 10.1. The molecule has 0 radical (unpaired) electrons. The Bertz CT molecular complexity index is 863. The lowest BCUT2D eigenvalue weighted by Gasteiger charge is -2.19. The lowest BCUT2D eigenvalue weighted by Crippen LogP contribution is -2.27. The summed E-state index contributed by atoms with van der Waals surface area (Å²) in [5.74, 6) is 0.539. The molecule has 0 aliphatic carbocycles. The molecule has 0 saturated carbocycles. The van der Waals surface area contributed by atoms with Crippen molar-refractivity contribution < 1.29 is 19.1 Å². The molecule has 0 unspecified atom stereocenters. The van der Waals surface area contributed by atoms with E-state index >= 15 is 0 Å². The van der Waals surface area contributed by atoms with Gasteiger partial charge < -0.3 is 15.0 Å². The van der Waals surface area contributed by atoms with Gasteiger partial charge in [0.1, 0.15) is 5.75 Å². The Morgan fingerprint density at radius 1 is 1.03 bits per heavy atom. The molecule has 0 bridgehead atoms. The van der Waals surface area contributed by atoms with E-state index in [1.165, 1.54) is 6.92 Å². The highest BCUT2D eigenvalue weighted by molar-refractivity contribution is 5.94. The van der Waals surface area contributed by atoms with E-state index in [4.69, 9.17) is 4.74 Å². The zero-order valence-electron chi connectivity index (χ0n) is 17.2. The smallest absolute Gasteiger partial charge is 0.224 e. The van der Waals surface area contributed by atoms with Crippen molar-refractivity contribution in [2.24, 2.45) is 0 Å². The van der Waals surface area contributed by atoms with Crippen LogP contribution in [0.3, 0.4) is 0 Å². The second kappa shape index (κ2) is 11.0. The Hall–Kier alpha value is -3.15. The highest BCUT2D eigenvalue weighted by Gasteiger charge is 2.08. The summed E-state index contributed by atoms with van der Waals surface area (Å²) in [5, 5.41) is 2.88. The van der Waals surface area contributed by atoms with Gasteiger partial charge in [-0.1, -0.05) is 24.3 Å². The van der Waals surface area contributed by atoms with Gasteiger partial charge >= 0.3 is 0 Å². The molecule has 0 spiro atoms. The number of hydrogen-bond donors (Lipinski definition) is 1. The summed E-state index contributed by atoms with van der Waals surface area (Å²) in [4.78, 5) is 36.9. The largest absolute Gasteiger partial charge is 0.494 e. The highest BCUT2D eigenvalue weighted by Crippen LogP contribution is 2.15. The number of Topliss-reactive ketones (excluding diaryl/α,β-unsaturated/α-hetero) is 1. The third-order valence-corrected chi connectivity index (χ3v) is 4.47. The third-order valence-electron chi connectivity index (χ3n) is 4.47. The molecule has 154 valence electrons. The maximum atomic E-state index is 12.2. The van der Waals surface area contributed by atoms with Gasteiger partial charge in [0, 0.05) is 37.7 Å². The predicted molar refractivity (Wildman–Crippen MR) is 113 cm³/mol. The van der Waals surface area contributed by atoms with Crippen molar-refractivity contribution in [3.05, 3.63) is 59.7 Å². The summed E-state index contributed by atoms with van der Waals surface area (Å²) in [6.45, 7) is 6.54. The summed E-state index contributed by atoms with van der Waals surface area (Å²) in [6.07, 6.45) is 0.884. The van der Waals surface area contributed by atoms with Crippen LogP contribution in [0.2, 0.25) is 0 Å². The first-order chi connectivity index (χ1) is 13.9. The lowest BCUT2D eigenvalue weighted by molar-refractivity contribution is -0.129. The first-order valence-electron chi connectivity index (χ1n) is 9.77. The number of nitrogens with zero attached hydrogens (tertiary/aromatic N) is 1. The summed E-state index contributed by atoms with van der Waals surface area (Å²) in [6, 6.07) is 14.5. The summed E-state index contributed by atoms with van der Waals surface area (Å²) < 4.78 is 5.63. The van der Waals surface area contributed by atoms with Crippen molar-refractivity contribution in [3.63, 3.8) is 0 Å². The topological polar surface area (TPSA) is 75.7 Å². The molecule has 0 aliphatic heterocycles. The zero-order valence-corrected chi connectivity index (χ0v) is 17.2. The van der Waals surface area contributed by atoms with E-state index in [1.54, 1.807) is 36.1 Å². The van der Waals surface area contributed by atoms with Crippen LogP contribution in [0.1, 0.15) is 49.5 Å². The van der Waals surface area contributed by atoms with E-state index in [2.05, 4.69) is 5.32 Å². The molecule has 2 amide bonds. The number of rotatable bonds is 10. The molecule has 6 nitrogen and oxygen atoms in total. The van der Waals surface area contributed by atoms with Gasteiger partial charge in [0.2, 0.25) is 11.8 Å². The molecule has 2 aromatic rings. The standard InChI is InChI=1S/C23H28N2O4/c1-4-25(18(3)27)16-19-8-5-10-21(14-19)24-23(28)12-7-13-29-22-11-6-9-20(15-22)17(2)26/h5-6,8-11,14-15H,4,7,12-13,16H2,1-3H3,(H,24,28). The van der Waals surface area contributed by atoms with E-state index in [1.807, 2.05) is 31.2 Å². The summed E-state index contributed by atoms with van der Waals surface area (Å²) >= 11 is 0. The van der Waals surface area contributed by atoms with Crippen LogP contribution in [-0.2, 0) is 16.1 Å². The normalized spacial score (nSPS) is 10.3. The van der Waals surface area contributed by atoms with Crippen molar-refractivity contribution in [2.75, 3.05) is 18.5 Å². The van der Waals surface area contributed by atoms with Crippen LogP contribution in [0, 0.1) is 0 Å². The van der Waals surface area contributed by atoms with Gasteiger partial charge in [0.25, 0.3) is 0 Å². The van der Waals surface area contributed by atoms with Crippen molar-refractivity contribution >= 4 is 23.3 Å². The second-order valence-electron chi connectivity index (χ2n) is 6.82. The Labute approximate surface area is 171 Å². The fraction of sp³-hybridized carbons (Fsp3) is 0.348. The first-order valence-corrected chi connectivity index (χ1v) is 9.77. The first kappa shape index (κ1) is 22.1. The molecule has 2 aromatic carbocycles. The maximum Gasteiger partial charge on any atom is 0.224 e. The number of carbonyl (C=O) groups is 3. The molecule has 0 atom stereocenters. The SMILES string of the molecule is CCN(Cc1cccc(NC(=O)CCCOc2cccc(C(C)=O)c2)c1)C(C)=O. The Kier molecular flexibility index (Phi) is 8.40. The van der Waals surface area contributed by atoms with Crippen LogP contribution in [0.5, 0.6) is 5.75 Å². The highest BCUT2D eigenvalue weighted by atomic mass is 16.5. The van der Waals surface area contributed by atoms with Crippen LogP contribution < -0.4 is 10.1 Å². The summed E-state index contributed by atoms with van der Waals surface area (Å²) in [5.41, 5.74) is 2.28. The maximum absolute atomic E-state index is 12.2. The average molecular weight is 396 g/mol. The van der Waals surface area contributed by atoms with Crippen molar-refractivity contribution in [1.29, 1.82) is 0 Å². The Balaban J connectivity index is 1.79. The van der Waals surface area contributed by atoms with Crippen LogP contribution in [-0.4, -0.2) is 35.6 Å². The van der Waals surface area contributed by atoms with Crippen LogP contribution in [0.15, 0.2) is 48.5 Å². The number of ether oxygens (including phenoxy) is 1. The minimum Gasteiger partial charge on any atom is -0.494 e. The summed E-state index contributed by atoms with van der Waals surface area (Å²) in [7, 11) is 0. The van der Waals surface area contributed by atoms with E-state index < -0.39 is 0 Å². The molecule has 0 heterocycles. The number of carbonyl (C=O) groups excluding carboxylic acids is 3. The van der Waals surface area contributed by atoms with Crippen LogP contribution in [0.4, 0.5) is 5.69 Å². The quantitative estimate of drug-likeness (QED) is 0.485. The third kappa shape index (κ3) is 7.41. The predicted octanol–water partition coefficient (Wildman–Crippen LogP) is 4.06. The van der Waals surface area contributed by atoms with Crippen molar-refractivity contribution in [3.8, 4) is 5.75 Å². The van der Waals surface area contributed by atoms with Gasteiger partial charge in [0.15, 0.2) is 5.78 Å². The molecule has 2 rings (SSSR count). The number of nitrogens with one attached hydrogen (secondary N) is 1. The van der Waals surface area contributed by atoms with Gasteiger partial charge in [-0.25, -0.2) is 0 Å². The molecule has 29 heavy (non-hydrogen) atoms. The molecule has 0 aliphatic rings. The molecular weight excluding hydrogens is 368 g/mol. The number of amides is 2. The Morgan fingerprint density at radius 3 is 2.48 bits per heavy atom. The number of ketones is 1. The number of benzene rings is 2. The molecular formula is C23H28N2O4. The second-order valence-corrected chi connectivity index (χ2v) is 6.82. The monoisotopic (exact) mass is 396 g/mol. The van der Waals surface area contributed by atoms with E-state index in [0.717, 1.165) is 5.56 Å². The molecule has 0 saturated heterocycles. The van der Waals surface area contributed by atoms with E-state index in [9.17, 15) is 14.4 Å². The number of anilines is 1. The van der Waals surface area contributed by atoms with Crippen molar-refractivity contribution in [1.82, 2.24) is 4.90 Å². The van der Waals surface area contributed by atoms with E-state index in [-0.39, 0.29) is 17.6 Å². The average Bonchev–Trinajstić information content (AvgIpc) is 2.69. The molecule has 0 aromatic heterocycles. The number of hydrogen-bond acceptors (Lipinski definition) is 4. The fourth-order valence-electron chi connectivity index (χ4n) is 2.86. The fourth-order valence-corrected chi connectivity index (χ4v) is 2.86. The van der Waals surface area contributed by atoms with Gasteiger partial charge in [0.05, 0.1) is 6.61 Å². The molecule has 0 fully saturated rings. The molecule has 1 N–H and O–H groups in total. The van der Waals surface area contributed by atoms with Crippen LogP contribution >= 0.6 is 0 Å². The van der Waals surface area contributed by atoms with Gasteiger partial charge in [-0.05, 0) is 50.1 Å². The van der Waals surface area contributed by atoms with E-state index in [0.29, 0.717) is 49.5 Å². The van der Waals surface area contributed by atoms with Gasteiger partial charge in [-0.2, -0.15) is 0 Å². The Morgan fingerprint density at radius 2 is 1.79 bits per heavy atom. The van der Waals surface area contributed by atoms with Crippen LogP contribution in [0.25, 0.3) is 0 Å². The minimum absolute atomic E-state index is 0.0116. The zero-order chi connectivity index (χ0) is 21.2. The van der Waals surface area contributed by atoms with Crippen molar-refractivity contribution in [2.45, 2.75) is 40.2 Å². The minimum atomic E-state index is -0.0952. The molecule has 6 heteroatoms.